The van der Waals surface area contributed by atoms with Gasteiger partial charge in [-0.2, -0.15) is 4.98 Å². The van der Waals surface area contributed by atoms with Gasteiger partial charge in [0.25, 0.3) is 0 Å². The summed E-state index contributed by atoms with van der Waals surface area (Å²) in [6.07, 6.45) is 0. The summed E-state index contributed by atoms with van der Waals surface area (Å²) in [5, 5.41) is 3.82. The molecule has 88 valence electrons. The molecule has 0 N–H and O–H groups in total. The van der Waals surface area contributed by atoms with Crippen molar-refractivity contribution in [2.75, 3.05) is 7.11 Å². The van der Waals surface area contributed by atoms with Crippen molar-refractivity contribution in [2.24, 2.45) is 0 Å². The molecule has 0 radical (unpaired) electrons. The minimum absolute atomic E-state index is 0.349. The Morgan fingerprint density at radius 1 is 1.35 bits per heavy atom. The highest BCUT2D eigenvalue weighted by molar-refractivity contribution is 5.91. The van der Waals surface area contributed by atoms with Gasteiger partial charge >= 0.3 is 5.97 Å². The number of aromatic nitrogens is 2. The van der Waals surface area contributed by atoms with E-state index in [0.29, 0.717) is 17.3 Å². The number of carbonyl (C=O) groups is 1. The number of nitrogens with zero attached hydrogens (tertiary/aromatic N) is 2. The van der Waals surface area contributed by atoms with Gasteiger partial charge in [-0.05, 0) is 24.6 Å². The number of benzene rings is 1. The Morgan fingerprint density at radius 3 is 2.65 bits per heavy atom. The molecule has 17 heavy (non-hydrogen) atoms. The van der Waals surface area contributed by atoms with Gasteiger partial charge in [-0.25, -0.2) is 4.79 Å². The fourth-order valence-electron chi connectivity index (χ4n) is 1.56. The highest BCUT2D eigenvalue weighted by Gasteiger charge is 2.12. The van der Waals surface area contributed by atoms with E-state index in [1.807, 2.05) is 13.0 Å². The summed E-state index contributed by atoms with van der Waals surface area (Å²) in [6, 6.07) is 5.29. The summed E-state index contributed by atoms with van der Waals surface area (Å²) in [5.41, 5.74) is 2.17. The van der Waals surface area contributed by atoms with Crippen molar-refractivity contribution in [1.29, 1.82) is 0 Å². The van der Waals surface area contributed by atoms with Crippen LogP contribution in [0.4, 0.5) is 0 Å². The third-order valence-corrected chi connectivity index (χ3v) is 2.42. The SMILES string of the molecule is COC(=O)c1ccc(-c2noc(C)n2)cc1C. The highest BCUT2D eigenvalue weighted by Crippen LogP contribution is 2.20. The summed E-state index contributed by atoms with van der Waals surface area (Å²) in [6.45, 7) is 3.56. The maximum atomic E-state index is 11.4. The number of aryl methyl sites for hydroxylation is 2. The molecule has 0 aliphatic carbocycles. The van der Waals surface area contributed by atoms with Crippen molar-refractivity contribution < 1.29 is 14.1 Å². The van der Waals surface area contributed by atoms with Crippen LogP contribution in [0.3, 0.4) is 0 Å². The number of ether oxygens (including phenoxy) is 1. The Hall–Kier alpha value is -2.17. The van der Waals surface area contributed by atoms with E-state index in [0.717, 1.165) is 11.1 Å². The molecule has 0 spiro atoms. The van der Waals surface area contributed by atoms with Crippen LogP contribution in [0, 0.1) is 13.8 Å². The normalized spacial score (nSPS) is 10.3. The Bertz CT molecular complexity index is 561. The van der Waals surface area contributed by atoms with Crippen LogP contribution in [-0.4, -0.2) is 23.2 Å². The fourth-order valence-corrected chi connectivity index (χ4v) is 1.56. The Labute approximate surface area is 98.4 Å². The van der Waals surface area contributed by atoms with E-state index in [1.54, 1.807) is 19.1 Å². The number of hydrogen-bond donors (Lipinski definition) is 0. The zero-order valence-corrected chi connectivity index (χ0v) is 9.85. The second kappa shape index (κ2) is 4.37. The quantitative estimate of drug-likeness (QED) is 0.742. The molecule has 0 bridgehead atoms. The van der Waals surface area contributed by atoms with Crippen molar-refractivity contribution in [1.82, 2.24) is 10.1 Å². The molecule has 0 unspecified atom stereocenters. The maximum absolute atomic E-state index is 11.4. The average Bonchev–Trinajstić information content (AvgIpc) is 2.75. The average molecular weight is 232 g/mol. The lowest BCUT2D eigenvalue weighted by Crippen LogP contribution is -2.03. The first-order chi connectivity index (χ1) is 8.11. The summed E-state index contributed by atoms with van der Waals surface area (Å²) < 4.78 is 9.58. The van der Waals surface area contributed by atoms with E-state index in [2.05, 4.69) is 14.9 Å². The van der Waals surface area contributed by atoms with Gasteiger partial charge in [-0.1, -0.05) is 11.2 Å². The molecule has 2 aromatic rings. The zero-order chi connectivity index (χ0) is 12.4. The second-order valence-electron chi connectivity index (χ2n) is 3.66. The molecule has 0 saturated carbocycles. The number of hydrogen-bond acceptors (Lipinski definition) is 5. The van der Waals surface area contributed by atoms with E-state index in [4.69, 9.17) is 4.52 Å². The molecule has 1 aromatic heterocycles. The fraction of sp³-hybridized carbons (Fsp3) is 0.250. The lowest BCUT2D eigenvalue weighted by atomic mass is 10.0. The third kappa shape index (κ3) is 2.18. The van der Waals surface area contributed by atoms with Crippen LogP contribution in [-0.2, 0) is 4.74 Å². The van der Waals surface area contributed by atoms with Crippen LogP contribution in [0.1, 0.15) is 21.8 Å². The molecular weight excluding hydrogens is 220 g/mol. The third-order valence-electron chi connectivity index (χ3n) is 2.42. The minimum Gasteiger partial charge on any atom is -0.465 e. The predicted octanol–water partition coefficient (Wildman–Crippen LogP) is 2.14. The van der Waals surface area contributed by atoms with Gasteiger partial charge in [0.15, 0.2) is 0 Å². The topological polar surface area (TPSA) is 65.2 Å². The Kier molecular flexibility index (Phi) is 2.91. The first-order valence-electron chi connectivity index (χ1n) is 5.11. The molecule has 0 amide bonds. The number of carbonyl (C=O) groups excluding carboxylic acids is 1. The van der Waals surface area contributed by atoms with Crippen LogP contribution >= 0.6 is 0 Å². The molecule has 0 atom stereocenters. The van der Waals surface area contributed by atoms with E-state index < -0.39 is 0 Å². The summed E-state index contributed by atoms with van der Waals surface area (Å²) in [4.78, 5) is 15.5. The zero-order valence-electron chi connectivity index (χ0n) is 9.85. The van der Waals surface area contributed by atoms with Crippen molar-refractivity contribution in [2.45, 2.75) is 13.8 Å². The first-order valence-corrected chi connectivity index (χ1v) is 5.11. The molecular formula is C12H12N2O3. The minimum atomic E-state index is -0.349. The van der Waals surface area contributed by atoms with Crippen LogP contribution in [0.25, 0.3) is 11.4 Å². The van der Waals surface area contributed by atoms with Gasteiger partial charge in [-0.15, -0.1) is 0 Å². The molecule has 0 aliphatic heterocycles. The number of esters is 1. The van der Waals surface area contributed by atoms with Crippen LogP contribution in [0.15, 0.2) is 22.7 Å². The Morgan fingerprint density at radius 2 is 2.12 bits per heavy atom. The van der Waals surface area contributed by atoms with Gasteiger partial charge in [0, 0.05) is 12.5 Å². The van der Waals surface area contributed by atoms with Gasteiger partial charge in [0.1, 0.15) is 0 Å². The molecule has 0 fully saturated rings. The van der Waals surface area contributed by atoms with Crippen LogP contribution < -0.4 is 0 Å². The standard InChI is InChI=1S/C12H12N2O3/c1-7-6-9(11-13-8(2)17-14-11)4-5-10(7)12(15)16-3/h4-6H,1-3H3. The monoisotopic (exact) mass is 232 g/mol. The van der Waals surface area contributed by atoms with Gasteiger partial charge < -0.3 is 9.26 Å². The van der Waals surface area contributed by atoms with E-state index in [1.165, 1.54) is 7.11 Å². The summed E-state index contributed by atoms with van der Waals surface area (Å²) in [7, 11) is 1.36. The maximum Gasteiger partial charge on any atom is 0.338 e. The second-order valence-corrected chi connectivity index (χ2v) is 3.66. The number of rotatable bonds is 2. The smallest absolute Gasteiger partial charge is 0.338 e. The number of methoxy groups -OCH3 is 1. The molecule has 1 heterocycles. The molecule has 0 saturated heterocycles. The van der Waals surface area contributed by atoms with Crippen molar-refractivity contribution in [3.05, 3.63) is 35.2 Å². The molecule has 5 heteroatoms. The molecule has 5 nitrogen and oxygen atoms in total. The Balaban J connectivity index is 2.40. The first kappa shape index (κ1) is 11.3. The lowest BCUT2D eigenvalue weighted by molar-refractivity contribution is 0.0600. The van der Waals surface area contributed by atoms with Gasteiger partial charge in [-0.3, -0.25) is 0 Å². The summed E-state index contributed by atoms with van der Waals surface area (Å²) >= 11 is 0. The van der Waals surface area contributed by atoms with Crippen molar-refractivity contribution >= 4 is 5.97 Å². The molecule has 0 aliphatic rings. The van der Waals surface area contributed by atoms with Gasteiger partial charge in [0.05, 0.1) is 12.7 Å². The highest BCUT2D eigenvalue weighted by atomic mass is 16.5. The van der Waals surface area contributed by atoms with Crippen molar-refractivity contribution in [3.8, 4) is 11.4 Å². The van der Waals surface area contributed by atoms with Crippen molar-refractivity contribution in [3.63, 3.8) is 0 Å². The van der Waals surface area contributed by atoms with Crippen LogP contribution in [0.5, 0.6) is 0 Å². The summed E-state index contributed by atoms with van der Waals surface area (Å²) in [5.74, 6) is 0.676. The molecule has 2 rings (SSSR count). The molecule has 1 aromatic carbocycles. The predicted molar refractivity (Wildman–Crippen MR) is 60.5 cm³/mol. The van der Waals surface area contributed by atoms with Gasteiger partial charge in [0.2, 0.25) is 11.7 Å². The van der Waals surface area contributed by atoms with E-state index in [-0.39, 0.29) is 5.97 Å². The lowest BCUT2D eigenvalue weighted by Gasteiger charge is -2.04. The van der Waals surface area contributed by atoms with E-state index in [9.17, 15) is 4.79 Å². The largest absolute Gasteiger partial charge is 0.465 e. The van der Waals surface area contributed by atoms with E-state index >= 15 is 0 Å². The van der Waals surface area contributed by atoms with Crippen LogP contribution in [0.2, 0.25) is 0 Å².